The van der Waals surface area contributed by atoms with E-state index < -0.39 is 0 Å². The van der Waals surface area contributed by atoms with Crippen LogP contribution in [0.1, 0.15) is 12.8 Å². The lowest BCUT2D eigenvalue weighted by atomic mass is 10.2. The van der Waals surface area contributed by atoms with E-state index in [-0.39, 0.29) is 11.9 Å². The van der Waals surface area contributed by atoms with Crippen LogP contribution in [0.4, 0.5) is 11.9 Å². The van der Waals surface area contributed by atoms with Gasteiger partial charge in [0.15, 0.2) is 0 Å². The van der Waals surface area contributed by atoms with Crippen LogP contribution >= 0.6 is 0 Å². The fourth-order valence-corrected chi connectivity index (χ4v) is 2.39. The number of rotatable bonds is 4. The Labute approximate surface area is 121 Å². The molecule has 1 aliphatic heterocycles. The largest absolute Gasteiger partial charge is 0.368 e. The van der Waals surface area contributed by atoms with Crippen molar-refractivity contribution in [2.75, 3.05) is 23.8 Å². The van der Waals surface area contributed by atoms with Crippen molar-refractivity contribution in [1.82, 2.24) is 24.5 Å². The molecule has 3 rings (SSSR count). The van der Waals surface area contributed by atoms with Crippen LogP contribution in [-0.2, 0) is 4.79 Å². The highest BCUT2D eigenvalue weighted by molar-refractivity contribution is 5.83. The molecule has 2 aromatic heterocycles. The van der Waals surface area contributed by atoms with Crippen LogP contribution in [0, 0.1) is 0 Å². The van der Waals surface area contributed by atoms with E-state index in [9.17, 15) is 4.79 Å². The molecular formula is C12H16N8O. The van der Waals surface area contributed by atoms with Gasteiger partial charge in [0.2, 0.25) is 23.8 Å². The number of carbonyl (C=O) groups is 1. The van der Waals surface area contributed by atoms with Crippen LogP contribution in [0.3, 0.4) is 0 Å². The summed E-state index contributed by atoms with van der Waals surface area (Å²) in [6.45, 7) is 0.699. The SMILES string of the molecule is CNc1nc(N2CCCC2C(N)=O)nc(-n2ccnc2)n1. The van der Waals surface area contributed by atoms with Crippen LogP contribution < -0.4 is 16.0 Å². The van der Waals surface area contributed by atoms with Gasteiger partial charge in [-0.2, -0.15) is 15.0 Å². The first-order chi connectivity index (χ1) is 10.2. The molecule has 1 atom stereocenters. The number of amides is 1. The van der Waals surface area contributed by atoms with Crippen LogP contribution in [0.15, 0.2) is 18.7 Å². The van der Waals surface area contributed by atoms with Gasteiger partial charge >= 0.3 is 0 Å². The third kappa shape index (κ3) is 2.49. The second-order valence-corrected chi connectivity index (χ2v) is 4.73. The van der Waals surface area contributed by atoms with Crippen molar-refractivity contribution >= 4 is 17.8 Å². The number of nitrogens with one attached hydrogen (secondary N) is 1. The third-order valence-electron chi connectivity index (χ3n) is 3.41. The van der Waals surface area contributed by atoms with Crippen molar-refractivity contribution in [3.63, 3.8) is 0 Å². The summed E-state index contributed by atoms with van der Waals surface area (Å²) in [6, 6.07) is -0.368. The molecule has 0 spiro atoms. The Morgan fingerprint density at radius 3 is 2.86 bits per heavy atom. The zero-order chi connectivity index (χ0) is 14.8. The Morgan fingerprint density at radius 2 is 2.19 bits per heavy atom. The summed E-state index contributed by atoms with van der Waals surface area (Å²) in [6.07, 6.45) is 6.59. The first kappa shape index (κ1) is 13.3. The molecule has 1 amide bonds. The number of aromatic nitrogens is 5. The predicted octanol–water partition coefficient (Wildman–Crippen LogP) is -0.447. The Balaban J connectivity index is 2.02. The molecule has 9 nitrogen and oxygen atoms in total. The first-order valence-electron chi connectivity index (χ1n) is 6.67. The molecule has 0 saturated carbocycles. The maximum atomic E-state index is 11.5. The molecule has 0 aromatic carbocycles. The molecule has 1 fully saturated rings. The van der Waals surface area contributed by atoms with Gasteiger partial charge in [0.1, 0.15) is 12.4 Å². The van der Waals surface area contributed by atoms with Crippen molar-refractivity contribution in [2.45, 2.75) is 18.9 Å². The number of anilines is 2. The van der Waals surface area contributed by atoms with E-state index >= 15 is 0 Å². The Hall–Kier alpha value is -2.71. The molecule has 110 valence electrons. The average molecular weight is 288 g/mol. The minimum Gasteiger partial charge on any atom is -0.368 e. The van der Waals surface area contributed by atoms with Gasteiger partial charge < -0.3 is 16.0 Å². The van der Waals surface area contributed by atoms with E-state index in [2.05, 4.69) is 25.3 Å². The molecule has 21 heavy (non-hydrogen) atoms. The Morgan fingerprint density at radius 1 is 1.38 bits per heavy atom. The number of primary amides is 1. The number of hydrogen-bond acceptors (Lipinski definition) is 7. The highest BCUT2D eigenvalue weighted by Crippen LogP contribution is 2.23. The summed E-state index contributed by atoms with van der Waals surface area (Å²) >= 11 is 0. The highest BCUT2D eigenvalue weighted by Gasteiger charge is 2.31. The summed E-state index contributed by atoms with van der Waals surface area (Å²) in [4.78, 5) is 30.4. The minimum absolute atomic E-state index is 0.358. The molecule has 2 aromatic rings. The average Bonchev–Trinajstić information content (AvgIpc) is 3.17. The van der Waals surface area contributed by atoms with Crippen LogP contribution in [0.25, 0.3) is 5.95 Å². The molecule has 3 heterocycles. The standard InChI is InChI=1S/C12H16N8O/c1-14-10-16-11(19-6-4-15-7-19)18-12(17-10)20-5-2-3-8(20)9(13)21/h4,6-8H,2-3,5H2,1H3,(H2,13,21)(H,14,16,17,18). The quantitative estimate of drug-likeness (QED) is 0.783. The lowest BCUT2D eigenvalue weighted by molar-refractivity contribution is -0.119. The molecule has 0 bridgehead atoms. The fourth-order valence-electron chi connectivity index (χ4n) is 2.39. The molecule has 0 aliphatic carbocycles. The maximum Gasteiger partial charge on any atom is 0.241 e. The first-order valence-corrected chi connectivity index (χ1v) is 6.67. The van der Waals surface area contributed by atoms with Crippen molar-refractivity contribution < 1.29 is 4.79 Å². The number of nitrogens with two attached hydrogens (primary N) is 1. The van der Waals surface area contributed by atoms with Crippen molar-refractivity contribution in [2.24, 2.45) is 5.73 Å². The van der Waals surface area contributed by atoms with Gasteiger partial charge in [-0.25, -0.2) is 4.98 Å². The summed E-state index contributed by atoms with van der Waals surface area (Å²) < 4.78 is 1.68. The van der Waals surface area contributed by atoms with Crippen molar-refractivity contribution in [3.05, 3.63) is 18.7 Å². The van der Waals surface area contributed by atoms with E-state index in [1.165, 1.54) is 0 Å². The predicted molar refractivity (Wildman–Crippen MR) is 76.1 cm³/mol. The Bertz CT molecular complexity index is 641. The minimum atomic E-state index is -0.368. The molecule has 1 saturated heterocycles. The van der Waals surface area contributed by atoms with E-state index in [0.29, 0.717) is 24.4 Å². The second-order valence-electron chi connectivity index (χ2n) is 4.73. The van der Waals surface area contributed by atoms with E-state index in [1.807, 2.05) is 4.90 Å². The van der Waals surface area contributed by atoms with Gasteiger partial charge in [-0.05, 0) is 12.8 Å². The van der Waals surface area contributed by atoms with E-state index in [4.69, 9.17) is 5.73 Å². The molecular weight excluding hydrogens is 272 g/mol. The van der Waals surface area contributed by atoms with Crippen LogP contribution in [0.5, 0.6) is 0 Å². The topological polar surface area (TPSA) is 115 Å². The molecule has 3 N–H and O–H groups in total. The molecule has 9 heteroatoms. The third-order valence-corrected chi connectivity index (χ3v) is 3.41. The van der Waals surface area contributed by atoms with Crippen molar-refractivity contribution in [3.8, 4) is 5.95 Å². The van der Waals surface area contributed by atoms with E-state index in [1.54, 1.807) is 30.3 Å². The Kier molecular flexibility index (Phi) is 3.38. The molecule has 1 unspecified atom stereocenters. The zero-order valence-corrected chi connectivity index (χ0v) is 11.6. The highest BCUT2D eigenvalue weighted by atomic mass is 16.1. The van der Waals surface area contributed by atoms with Gasteiger partial charge in [0.05, 0.1) is 0 Å². The maximum absolute atomic E-state index is 11.5. The molecule has 1 aliphatic rings. The second kappa shape index (κ2) is 5.35. The molecule has 0 radical (unpaired) electrons. The van der Waals surface area contributed by atoms with Gasteiger partial charge in [0, 0.05) is 26.0 Å². The lowest BCUT2D eigenvalue weighted by Gasteiger charge is -2.22. The number of hydrogen-bond donors (Lipinski definition) is 2. The summed E-state index contributed by atoms with van der Waals surface area (Å²) in [5.41, 5.74) is 5.45. The summed E-state index contributed by atoms with van der Waals surface area (Å²) in [7, 11) is 1.73. The van der Waals surface area contributed by atoms with Gasteiger partial charge in [0.25, 0.3) is 0 Å². The number of nitrogens with zero attached hydrogens (tertiary/aromatic N) is 6. The van der Waals surface area contributed by atoms with Gasteiger partial charge in [-0.3, -0.25) is 9.36 Å². The number of imidazole rings is 1. The summed E-state index contributed by atoms with van der Waals surface area (Å²) in [5.74, 6) is 0.957. The lowest BCUT2D eigenvalue weighted by Crippen LogP contribution is -2.41. The van der Waals surface area contributed by atoms with Gasteiger partial charge in [-0.15, -0.1) is 0 Å². The van der Waals surface area contributed by atoms with E-state index in [0.717, 1.165) is 12.8 Å². The fraction of sp³-hybridized carbons (Fsp3) is 0.417. The smallest absolute Gasteiger partial charge is 0.241 e. The van der Waals surface area contributed by atoms with Crippen LogP contribution in [-0.4, -0.2) is 50.0 Å². The normalized spacial score (nSPS) is 18.0. The van der Waals surface area contributed by atoms with Crippen LogP contribution in [0.2, 0.25) is 0 Å². The monoisotopic (exact) mass is 288 g/mol. The number of carbonyl (C=O) groups excluding carboxylic acids is 1. The van der Waals surface area contributed by atoms with Crippen molar-refractivity contribution in [1.29, 1.82) is 0 Å². The zero-order valence-electron chi connectivity index (χ0n) is 11.6. The van der Waals surface area contributed by atoms with Gasteiger partial charge in [-0.1, -0.05) is 0 Å². The summed E-state index contributed by atoms with van der Waals surface area (Å²) in [5, 5.41) is 2.90.